The van der Waals surface area contributed by atoms with Gasteiger partial charge < -0.3 is 20.4 Å². The molecule has 96 valence electrons. The van der Waals surface area contributed by atoms with Crippen LogP contribution in [0, 0.1) is 0 Å². The van der Waals surface area contributed by atoms with Gasteiger partial charge in [-0.05, 0) is 11.5 Å². The van der Waals surface area contributed by atoms with Crippen LogP contribution in [0.5, 0.6) is 0 Å². The highest BCUT2D eigenvalue weighted by Gasteiger charge is 2.48. The topological polar surface area (TPSA) is 115 Å². The average molecular weight is 262 g/mol. The van der Waals surface area contributed by atoms with Crippen molar-refractivity contribution in [2.75, 3.05) is 11.5 Å². The van der Waals surface area contributed by atoms with Crippen LogP contribution in [-0.2, 0) is 9.59 Å². The van der Waals surface area contributed by atoms with E-state index in [9.17, 15) is 19.8 Å². The minimum absolute atomic E-state index is 0.251. The molecule has 0 unspecified atom stereocenters. The Hall–Kier alpha value is -1.63. The van der Waals surface area contributed by atoms with Crippen LogP contribution in [0.15, 0.2) is 21.3 Å². The SMILES string of the molecule is CCS1(CC)C(C(=O)O)=C(O)C(O)=C1C(=O)O. The normalized spacial score (nSPS) is 20.6. The second kappa shape index (κ2) is 4.33. The minimum atomic E-state index is -2.36. The number of hydrogen-bond donors (Lipinski definition) is 4. The molecule has 0 saturated carbocycles. The van der Waals surface area contributed by atoms with Crippen LogP contribution in [0.3, 0.4) is 0 Å². The molecular formula is C10H14O6S. The fourth-order valence-corrected chi connectivity index (χ4v) is 5.37. The number of carbonyl (C=O) groups is 2. The van der Waals surface area contributed by atoms with Gasteiger partial charge in [-0.1, -0.05) is 13.8 Å². The number of carboxylic acids is 2. The van der Waals surface area contributed by atoms with Gasteiger partial charge in [-0.25, -0.2) is 9.59 Å². The van der Waals surface area contributed by atoms with Gasteiger partial charge in [0.2, 0.25) is 0 Å². The molecule has 6 nitrogen and oxygen atoms in total. The van der Waals surface area contributed by atoms with E-state index in [-0.39, 0.29) is 21.3 Å². The minimum Gasteiger partial charge on any atom is -0.503 e. The smallest absolute Gasteiger partial charge is 0.344 e. The van der Waals surface area contributed by atoms with E-state index in [0.717, 1.165) is 0 Å². The van der Waals surface area contributed by atoms with E-state index < -0.39 is 33.5 Å². The second-order valence-corrected chi connectivity index (χ2v) is 7.16. The summed E-state index contributed by atoms with van der Waals surface area (Å²) < 4.78 is 0. The molecule has 0 amide bonds. The maximum Gasteiger partial charge on any atom is 0.344 e. The number of rotatable bonds is 4. The number of aliphatic hydroxyl groups excluding tert-OH is 2. The molecule has 0 atom stereocenters. The molecule has 0 bridgehead atoms. The van der Waals surface area contributed by atoms with Gasteiger partial charge in [-0.15, -0.1) is 0 Å². The molecule has 0 spiro atoms. The number of aliphatic carboxylic acids is 2. The lowest BCUT2D eigenvalue weighted by molar-refractivity contribution is -0.132. The molecular weight excluding hydrogens is 248 g/mol. The first-order valence-corrected chi connectivity index (χ1v) is 6.92. The van der Waals surface area contributed by atoms with E-state index >= 15 is 0 Å². The summed E-state index contributed by atoms with van der Waals surface area (Å²) in [4.78, 5) is 21.5. The Morgan fingerprint density at radius 3 is 1.41 bits per heavy atom. The Labute approximate surface area is 99.2 Å². The molecule has 0 saturated heterocycles. The lowest BCUT2D eigenvalue weighted by atomic mass is 10.3. The average Bonchev–Trinajstić information content (AvgIpc) is 2.48. The molecule has 17 heavy (non-hydrogen) atoms. The van der Waals surface area contributed by atoms with Gasteiger partial charge in [0.25, 0.3) is 0 Å². The zero-order valence-electron chi connectivity index (χ0n) is 9.43. The first-order chi connectivity index (χ1) is 7.83. The van der Waals surface area contributed by atoms with Crippen molar-refractivity contribution in [2.24, 2.45) is 0 Å². The molecule has 1 aliphatic rings. The van der Waals surface area contributed by atoms with Crippen LogP contribution in [0.4, 0.5) is 0 Å². The molecule has 4 N–H and O–H groups in total. The summed E-state index contributed by atoms with van der Waals surface area (Å²) in [5.41, 5.74) is 0. The summed E-state index contributed by atoms with van der Waals surface area (Å²) in [5, 5.41) is 37.3. The number of hydrogen-bond acceptors (Lipinski definition) is 4. The lowest BCUT2D eigenvalue weighted by Crippen LogP contribution is -2.19. The largest absolute Gasteiger partial charge is 0.503 e. The maximum absolute atomic E-state index is 11.1. The zero-order chi connectivity index (χ0) is 13.4. The Balaban J connectivity index is 3.58. The summed E-state index contributed by atoms with van der Waals surface area (Å²) in [7, 11) is -2.36. The summed E-state index contributed by atoms with van der Waals surface area (Å²) in [6, 6.07) is 0. The number of carboxylic acid groups (broad SMARTS) is 2. The Morgan fingerprint density at radius 2 is 1.24 bits per heavy atom. The maximum atomic E-state index is 11.1. The predicted octanol–water partition coefficient (Wildman–Crippen LogP) is 1.55. The Kier molecular flexibility index (Phi) is 3.42. The van der Waals surface area contributed by atoms with Crippen molar-refractivity contribution in [3.8, 4) is 0 Å². The Bertz CT molecular complexity index is 406. The van der Waals surface area contributed by atoms with E-state index in [1.54, 1.807) is 13.8 Å². The van der Waals surface area contributed by atoms with Crippen molar-refractivity contribution in [1.82, 2.24) is 0 Å². The van der Waals surface area contributed by atoms with E-state index in [4.69, 9.17) is 10.2 Å². The number of aliphatic hydroxyl groups is 2. The quantitative estimate of drug-likeness (QED) is 0.611. The molecule has 0 aromatic carbocycles. The fourth-order valence-electron chi connectivity index (χ4n) is 2.01. The van der Waals surface area contributed by atoms with Crippen molar-refractivity contribution in [2.45, 2.75) is 13.8 Å². The van der Waals surface area contributed by atoms with Crippen LogP contribution in [-0.4, -0.2) is 43.9 Å². The molecule has 0 fully saturated rings. The van der Waals surface area contributed by atoms with Crippen molar-refractivity contribution in [1.29, 1.82) is 0 Å². The van der Waals surface area contributed by atoms with Gasteiger partial charge in [0.1, 0.15) is 9.81 Å². The van der Waals surface area contributed by atoms with Crippen molar-refractivity contribution >= 4 is 22.0 Å². The zero-order valence-corrected chi connectivity index (χ0v) is 10.2. The molecule has 1 aliphatic heterocycles. The van der Waals surface area contributed by atoms with Crippen LogP contribution in [0.1, 0.15) is 13.8 Å². The third-order valence-electron chi connectivity index (χ3n) is 2.81. The third kappa shape index (κ3) is 1.66. The van der Waals surface area contributed by atoms with Crippen LogP contribution < -0.4 is 0 Å². The molecule has 1 heterocycles. The molecule has 0 radical (unpaired) electrons. The second-order valence-electron chi connectivity index (χ2n) is 3.43. The monoisotopic (exact) mass is 262 g/mol. The predicted molar refractivity (Wildman–Crippen MR) is 63.3 cm³/mol. The van der Waals surface area contributed by atoms with E-state index in [1.807, 2.05) is 0 Å². The van der Waals surface area contributed by atoms with Crippen LogP contribution in [0.25, 0.3) is 0 Å². The summed E-state index contributed by atoms with van der Waals surface area (Å²) in [6.45, 7) is 3.30. The van der Waals surface area contributed by atoms with Crippen molar-refractivity contribution < 1.29 is 30.0 Å². The summed E-state index contributed by atoms with van der Waals surface area (Å²) in [5.74, 6) is -3.89. The van der Waals surface area contributed by atoms with Crippen LogP contribution in [0.2, 0.25) is 0 Å². The lowest BCUT2D eigenvalue weighted by Gasteiger charge is -2.34. The highest BCUT2D eigenvalue weighted by Crippen LogP contribution is 2.67. The molecule has 0 aliphatic carbocycles. The van der Waals surface area contributed by atoms with Gasteiger partial charge in [-0.2, -0.15) is 10.0 Å². The van der Waals surface area contributed by atoms with Gasteiger partial charge in [0, 0.05) is 0 Å². The van der Waals surface area contributed by atoms with Crippen molar-refractivity contribution in [3.05, 3.63) is 21.3 Å². The van der Waals surface area contributed by atoms with E-state index in [1.165, 1.54) is 0 Å². The first kappa shape index (κ1) is 13.4. The highest BCUT2D eigenvalue weighted by molar-refractivity contribution is 8.41. The fraction of sp³-hybridized carbons (Fsp3) is 0.400. The highest BCUT2D eigenvalue weighted by atomic mass is 32.3. The Morgan fingerprint density at radius 1 is 0.941 bits per heavy atom. The molecule has 0 aromatic heterocycles. The van der Waals surface area contributed by atoms with E-state index in [2.05, 4.69) is 0 Å². The van der Waals surface area contributed by atoms with Crippen LogP contribution >= 0.6 is 10.0 Å². The molecule has 1 rings (SSSR count). The van der Waals surface area contributed by atoms with E-state index in [0.29, 0.717) is 0 Å². The molecule has 7 heteroatoms. The standard InChI is InChI=1S/C10H14O6S/c1-3-17(4-2)7(9(13)14)5(11)6(12)8(17)10(15)16/h11-12H,3-4H2,1-2H3,(H,13,14)(H,15,16). The first-order valence-electron chi connectivity index (χ1n) is 4.95. The van der Waals surface area contributed by atoms with Gasteiger partial charge in [-0.3, -0.25) is 0 Å². The van der Waals surface area contributed by atoms with Gasteiger partial charge in [0.05, 0.1) is 0 Å². The van der Waals surface area contributed by atoms with Gasteiger partial charge >= 0.3 is 11.9 Å². The molecule has 0 aromatic rings. The summed E-state index contributed by atoms with van der Waals surface area (Å²) >= 11 is 0. The van der Waals surface area contributed by atoms with Gasteiger partial charge in [0.15, 0.2) is 11.5 Å². The third-order valence-corrected chi connectivity index (χ3v) is 7.08. The summed E-state index contributed by atoms with van der Waals surface area (Å²) in [6.07, 6.45) is 0. The van der Waals surface area contributed by atoms with Crippen molar-refractivity contribution in [3.63, 3.8) is 0 Å².